The van der Waals surface area contributed by atoms with Gasteiger partial charge in [-0.1, -0.05) is 24.3 Å². The Morgan fingerprint density at radius 1 is 1.25 bits per heavy atom. The van der Waals surface area contributed by atoms with Gasteiger partial charge in [0.2, 0.25) is 5.91 Å². The number of nitrogens with one attached hydrogen (secondary N) is 1. The molecule has 0 saturated carbocycles. The number of piperidine rings is 1. The number of fused-ring (bicyclic) bond motifs is 1. The Balaban J connectivity index is 1.62. The molecule has 0 spiro atoms. The van der Waals surface area contributed by atoms with E-state index in [1.807, 2.05) is 4.90 Å². The zero-order valence-corrected chi connectivity index (χ0v) is 12.0. The Morgan fingerprint density at radius 2 is 1.90 bits per heavy atom. The van der Waals surface area contributed by atoms with Crippen molar-refractivity contribution in [2.75, 3.05) is 13.1 Å². The van der Waals surface area contributed by atoms with Crippen molar-refractivity contribution in [2.45, 2.75) is 44.3 Å². The first-order valence-corrected chi connectivity index (χ1v) is 7.51. The molecule has 3 rings (SSSR count). The van der Waals surface area contributed by atoms with Crippen molar-refractivity contribution in [3.05, 3.63) is 35.4 Å². The molecule has 4 heteroatoms. The number of nitrogens with two attached hydrogens (primary N) is 1. The van der Waals surface area contributed by atoms with Crippen LogP contribution < -0.4 is 11.1 Å². The van der Waals surface area contributed by atoms with Crippen LogP contribution in [0.25, 0.3) is 0 Å². The number of carbonyl (C=O) groups is 1. The highest BCUT2D eigenvalue weighted by molar-refractivity contribution is 5.73. The number of rotatable bonds is 2. The third kappa shape index (κ3) is 2.58. The van der Waals surface area contributed by atoms with Gasteiger partial charge in [-0.2, -0.15) is 0 Å². The van der Waals surface area contributed by atoms with Crippen molar-refractivity contribution in [2.24, 2.45) is 5.73 Å². The molecule has 2 unspecified atom stereocenters. The number of likely N-dealkylation sites (tertiary alicyclic amines) is 1. The lowest BCUT2D eigenvalue weighted by Crippen LogP contribution is -2.45. The van der Waals surface area contributed by atoms with Crippen molar-refractivity contribution in [3.8, 4) is 0 Å². The van der Waals surface area contributed by atoms with E-state index in [0.717, 1.165) is 32.4 Å². The average Bonchev–Trinajstić information content (AvgIpc) is 2.77. The zero-order chi connectivity index (χ0) is 14.1. The Bertz CT molecular complexity index is 494. The van der Waals surface area contributed by atoms with Gasteiger partial charge < -0.3 is 16.0 Å². The van der Waals surface area contributed by atoms with Gasteiger partial charge in [-0.25, -0.2) is 0 Å². The molecular formula is C16H23N3O. The van der Waals surface area contributed by atoms with Crippen LogP contribution in [-0.2, 0) is 4.79 Å². The van der Waals surface area contributed by atoms with Gasteiger partial charge in [0.25, 0.3) is 0 Å². The summed E-state index contributed by atoms with van der Waals surface area (Å²) in [6, 6.07) is 9.49. The van der Waals surface area contributed by atoms with E-state index in [9.17, 15) is 4.79 Å². The van der Waals surface area contributed by atoms with Gasteiger partial charge in [-0.3, -0.25) is 4.79 Å². The molecule has 20 heavy (non-hydrogen) atoms. The summed E-state index contributed by atoms with van der Waals surface area (Å²) >= 11 is 0. The van der Waals surface area contributed by atoms with Crippen LogP contribution >= 0.6 is 0 Å². The van der Waals surface area contributed by atoms with Crippen molar-refractivity contribution in [1.82, 2.24) is 10.2 Å². The van der Waals surface area contributed by atoms with Crippen LogP contribution in [0.3, 0.4) is 0 Å². The largest absolute Gasteiger partial charge is 0.343 e. The lowest BCUT2D eigenvalue weighted by atomic mass is 10.0. The third-order valence-corrected chi connectivity index (χ3v) is 4.64. The Labute approximate surface area is 120 Å². The van der Waals surface area contributed by atoms with Gasteiger partial charge in [-0.15, -0.1) is 0 Å². The Morgan fingerprint density at radius 3 is 2.55 bits per heavy atom. The average molecular weight is 273 g/mol. The standard InChI is InChI=1S/C16H23N3O/c1-11(20)19-8-6-12(7-9-19)18-16-10-15(17)13-4-2-3-5-14(13)16/h2-5,12,15-16,18H,6-10,17H2,1H3. The van der Waals surface area contributed by atoms with E-state index in [0.29, 0.717) is 12.1 Å². The minimum atomic E-state index is 0.154. The molecule has 1 aromatic carbocycles. The molecule has 1 heterocycles. The number of hydrogen-bond donors (Lipinski definition) is 2. The number of nitrogens with zero attached hydrogens (tertiary/aromatic N) is 1. The molecule has 1 saturated heterocycles. The summed E-state index contributed by atoms with van der Waals surface area (Å²) in [5, 5.41) is 3.75. The Kier molecular flexibility index (Phi) is 3.76. The highest BCUT2D eigenvalue weighted by Gasteiger charge is 2.30. The summed E-state index contributed by atoms with van der Waals surface area (Å²) in [6.07, 6.45) is 3.05. The molecule has 1 aliphatic heterocycles. The van der Waals surface area contributed by atoms with Crippen LogP contribution in [0.5, 0.6) is 0 Å². The van der Waals surface area contributed by atoms with E-state index < -0.39 is 0 Å². The predicted molar refractivity (Wildman–Crippen MR) is 79.1 cm³/mol. The van der Waals surface area contributed by atoms with Crippen LogP contribution in [0.4, 0.5) is 0 Å². The Hall–Kier alpha value is -1.39. The van der Waals surface area contributed by atoms with E-state index in [1.54, 1.807) is 6.92 Å². The molecule has 1 fully saturated rings. The summed E-state index contributed by atoms with van der Waals surface area (Å²) in [5.41, 5.74) is 8.85. The SMILES string of the molecule is CC(=O)N1CCC(NC2CC(N)c3ccccc32)CC1. The van der Waals surface area contributed by atoms with Gasteiger partial charge >= 0.3 is 0 Å². The predicted octanol–water partition coefficient (Wildman–Crippen LogP) is 1.73. The van der Waals surface area contributed by atoms with E-state index in [4.69, 9.17) is 5.73 Å². The zero-order valence-electron chi connectivity index (χ0n) is 12.0. The number of hydrogen-bond acceptors (Lipinski definition) is 3. The number of benzene rings is 1. The second-order valence-corrected chi connectivity index (χ2v) is 5.97. The summed E-state index contributed by atoms with van der Waals surface area (Å²) in [5.74, 6) is 0.191. The summed E-state index contributed by atoms with van der Waals surface area (Å²) < 4.78 is 0. The maximum absolute atomic E-state index is 11.3. The van der Waals surface area contributed by atoms with Gasteiger partial charge in [0, 0.05) is 38.1 Å². The molecule has 3 N–H and O–H groups in total. The van der Waals surface area contributed by atoms with Gasteiger partial charge in [0.1, 0.15) is 0 Å². The fraction of sp³-hybridized carbons (Fsp3) is 0.562. The van der Waals surface area contributed by atoms with Crippen molar-refractivity contribution in [3.63, 3.8) is 0 Å². The molecule has 0 radical (unpaired) electrons. The maximum Gasteiger partial charge on any atom is 0.219 e. The molecule has 1 aromatic rings. The summed E-state index contributed by atoms with van der Waals surface area (Å²) in [4.78, 5) is 13.3. The van der Waals surface area contributed by atoms with Crippen molar-refractivity contribution >= 4 is 5.91 Å². The third-order valence-electron chi connectivity index (χ3n) is 4.64. The summed E-state index contributed by atoms with van der Waals surface area (Å²) in [7, 11) is 0. The second kappa shape index (κ2) is 5.54. The highest BCUT2D eigenvalue weighted by Crippen LogP contribution is 2.37. The van der Waals surface area contributed by atoms with Crippen LogP contribution in [-0.4, -0.2) is 29.9 Å². The first kappa shape index (κ1) is 13.6. The normalized spacial score (nSPS) is 26.6. The fourth-order valence-corrected chi connectivity index (χ4v) is 3.48. The number of carbonyl (C=O) groups excluding carboxylic acids is 1. The van der Waals surface area contributed by atoms with Crippen molar-refractivity contribution in [1.29, 1.82) is 0 Å². The molecule has 2 aliphatic rings. The minimum Gasteiger partial charge on any atom is -0.343 e. The van der Waals surface area contributed by atoms with E-state index in [2.05, 4.69) is 29.6 Å². The second-order valence-electron chi connectivity index (χ2n) is 5.97. The van der Waals surface area contributed by atoms with E-state index in [-0.39, 0.29) is 11.9 Å². The first-order chi connectivity index (χ1) is 9.65. The van der Waals surface area contributed by atoms with Gasteiger partial charge in [0.15, 0.2) is 0 Å². The lowest BCUT2D eigenvalue weighted by molar-refractivity contribution is -0.129. The summed E-state index contributed by atoms with van der Waals surface area (Å²) in [6.45, 7) is 3.39. The van der Waals surface area contributed by atoms with Crippen LogP contribution in [0.15, 0.2) is 24.3 Å². The van der Waals surface area contributed by atoms with Crippen molar-refractivity contribution < 1.29 is 4.79 Å². The smallest absolute Gasteiger partial charge is 0.219 e. The first-order valence-electron chi connectivity index (χ1n) is 7.51. The van der Waals surface area contributed by atoms with Gasteiger partial charge in [0.05, 0.1) is 0 Å². The van der Waals surface area contributed by atoms with E-state index in [1.165, 1.54) is 11.1 Å². The number of amides is 1. The molecule has 4 nitrogen and oxygen atoms in total. The van der Waals surface area contributed by atoms with Crippen LogP contribution in [0, 0.1) is 0 Å². The fourth-order valence-electron chi connectivity index (χ4n) is 3.48. The topological polar surface area (TPSA) is 58.4 Å². The highest BCUT2D eigenvalue weighted by atomic mass is 16.2. The van der Waals surface area contributed by atoms with Gasteiger partial charge in [-0.05, 0) is 30.4 Å². The molecule has 2 atom stereocenters. The van der Waals surface area contributed by atoms with E-state index >= 15 is 0 Å². The molecule has 108 valence electrons. The molecule has 1 amide bonds. The molecular weight excluding hydrogens is 250 g/mol. The van der Waals surface area contributed by atoms with Crippen LogP contribution in [0.1, 0.15) is 49.4 Å². The quantitative estimate of drug-likeness (QED) is 0.863. The minimum absolute atomic E-state index is 0.154. The monoisotopic (exact) mass is 273 g/mol. The lowest BCUT2D eigenvalue weighted by Gasteiger charge is -2.33. The molecule has 0 aromatic heterocycles. The molecule has 1 aliphatic carbocycles. The van der Waals surface area contributed by atoms with Crippen LogP contribution in [0.2, 0.25) is 0 Å². The molecule has 0 bridgehead atoms. The maximum atomic E-state index is 11.3.